The highest BCUT2D eigenvalue weighted by atomic mass is 32.2. The number of sulfonamides is 1. The predicted molar refractivity (Wildman–Crippen MR) is 76.0 cm³/mol. The monoisotopic (exact) mass is 295 g/mol. The van der Waals surface area contributed by atoms with Gasteiger partial charge in [0.15, 0.2) is 0 Å². The van der Waals surface area contributed by atoms with Gasteiger partial charge in [0.1, 0.15) is 5.82 Å². The Labute approximate surface area is 116 Å². The maximum Gasteiger partial charge on any atom is 0.238 e. The zero-order valence-corrected chi connectivity index (χ0v) is 11.3. The molecule has 0 atom stereocenters. The summed E-state index contributed by atoms with van der Waals surface area (Å²) in [6.07, 6.45) is 0. The predicted octanol–water partition coefficient (Wildman–Crippen LogP) is 1.67. The number of anilines is 2. The molecule has 0 aliphatic rings. The van der Waals surface area contributed by atoms with Gasteiger partial charge < -0.3 is 11.1 Å². The molecule has 0 fully saturated rings. The van der Waals surface area contributed by atoms with E-state index in [1.807, 2.05) is 6.07 Å². The van der Waals surface area contributed by atoms with Crippen LogP contribution in [0.2, 0.25) is 0 Å². The van der Waals surface area contributed by atoms with E-state index >= 15 is 0 Å². The van der Waals surface area contributed by atoms with E-state index in [2.05, 4.69) is 5.32 Å². The zero-order chi connectivity index (χ0) is 14.8. The second kappa shape index (κ2) is 5.48. The number of nitrogens with one attached hydrogen (secondary N) is 1. The Morgan fingerprint density at radius 3 is 2.50 bits per heavy atom. The highest BCUT2D eigenvalue weighted by molar-refractivity contribution is 7.89. The molecular formula is C13H14FN3O2S. The van der Waals surface area contributed by atoms with Crippen molar-refractivity contribution in [3.8, 4) is 0 Å². The van der Waals surface area contributed by atoms with Crippen LogP contribution < -0.4 is 16.2 Å². The van der Waals surface area contributed by atoms with Gasteiger partial charge in [-0.25, -0.2) is 17.9 Å². The van der Waals surface area contributed by atoms with Gasteiger partial charge >= 0.3 is 0 Å². The van der Waals surface area contributed by atoms with E-state index in [9.17, 15) is 12.8 Å². The fraction of sp³-hybridized carbons (Fsp3) is 0.0769. The Hall–Kier alpha value is -2.12. The smallest absolute Gasteiger partial charge is 0.238 e. The van der Waals surface area contributed by atoms with E-state index in [1.165, 1.54) is 12.1 Å². The molecule has 0 unspecified atom stereocenters. The average Bonchev–Trinajstić information content (AvgIpc) is 2.36. The molecule has 7 heteroatoms. The number of hydrogen-bond donors (Lipinski definition) is 3. The van der Waals surface area contributed by atoms with E-state index in [1.54, 1.807) is 18.2 Å². The van der Waals surface area contributed by atoms with Gasteiger partial charge in [0, 0.05) is 12.2 Å². The lowest BCUT2D eigenvalue weighted by Crippen LogP contribution is -2.12. The molecule has 5 N–H and O–H groups in total. The van der Waals surface area contributed by atoms with Gasteiger partial charge in [0.25, 0.3) is 0 Å². The van der Waals surface area contributed by atoms with Crippen molar-refractivity contribution in [1.29, 1.82) is 0 Å². The highest BCUT2D eigenvalue weighted by Gasteiger charge is 2.11. The van der Waals surface area contributed by atoms with Gasteiger partial charge in [-0.05, 0) is 35.9 Å². The van der Waals surface area contributed by atoms with Crippen LogP contribution in [0.5, 0.6) is 0 Å². The second-order valence-electron chi connectivity index (χ2n) is 4.29. The Balaban J connectivity index is 2.15. The van der Waals surface area contributed by atoms with Crippen LogP contribution in [0.1, 0.15) is 5.56 Å². The lowest BCUT2D eigenvalue weighted by molar-refractivity contribution is 0.593. The molecule has 0 amide bonds. The van der Waals surface area contributed by atoms with Crippen molar-refractivity contribution in [2.45, 2.75) is 11.4 Å². The minimum absolute atomic E-state index is 0.194. The minimum atomic E-state index is -3.90. The average molecular weight is 295 g/mol. The molecule has 0 saturated heterocycles. The largest absolute Gasteiger partial charge is 0.399 e. The van der Waals surface area contributed by atoms with E-state index in [0.29, 0.717) is 12.2 Å². The number of halogens is 1. The molecule has 0 bridgehead atoms. The molecular weight excluding hydrogens is 281 g/mol. The first-order chi connectivity index (χ1) is 9.36. The number of nitrogens with two attached hydrogens (primary N) is 2. The molecule has 20 heavy (non-hydrogen) atoms. The molecule has 2 rings (SSSR count). The fourth-order valence-electron chi connectivity index (χ4n) is 1.72. The fourth-order valence-corrected chi connectivity index (χ4v) is 2.24. The highest BCUT2D eigenvalue weighted by Crippen LogP contribution is 2.19. The van der Waals surface area contributed by atoms with Gasteiger partial charge in [0.2, 0.25) is 10.0 Å². The van der Waals surface area contributed by atoms with Gasteiger partial charge in [-0.3, -0.25) is 0 Å². The van der Waals surface area contributed by atoms with Gasteiger partial charge in [-0.1, -0.05) is 12.1 Å². The van der Waals surface area contributed by atoms with Crippen molar-refractivity contribution in [2.75, 3.05) is 11.1 Å². The first-order valence-corrected chi connectivity index (χ1v) is 7.31. The van der Waals surface area contributed by atoms with Crippen molar-refractivity contribution < 1.29 is 12.8 Å². The summed E-state index contributed by atoms with van der Waals surface area (Å²) in [5, 5.41) is 7.80. The zero-order valence-electron chi connectivity index (χ0n) is 10.5. The summed E-state index contributed by atoms with van der Waals surface area (Å²) in [5.41, 5.74) is 7.35. The molecule has 0 spiro atoms. The van der Waals surface area contributed by atoms with Crippen molar-refractivity contribution in [3.05, 3.63) is 53.8 Å². The number of nitrogen functional groups attached to an aromatic ring is 1. The number of benzene rings is 2. The normalized spacial score (nSPS) is 11.3. The summed E-state index contributed by atoms with van der Waals surface area (Å²) in [4.78, 5) is -0.260. The Morgan fingerprint density at radius 1 is 1.15 bits per heavy atom. The Bertz CT molecular complexity index is 732. The molecule has 0 aliphatic heterocycles. The summed E-state index contributed by atoms with van der Waals surface area (Å²) in [6.45, 7) is 0.372. The molecule has 5 nitrogen and oxygen atoms in total. The van der Waals surface area contributed by atoms with Crippen LogP contribution in [-0.4, -0.2) is 8.42 Å². The standard InChI is InChI=1S/C13H14FN3O2S/c14-12-7-11(20(16,18)19)4-5-13(12)17-8-9-2-1-3-10(15)6-9/h1-7,17H,8,15H2,(H2,16,18,19). The van der Waals surface area contributed by atoms with Crippen LogP contribution in [0.4, 0.5) is 15.8 Å². The molecule has 0 heterocycles. The molecule has 0 saturated carbocycles. The topological polar surface area (TPSA) is 98.2 Å². The van der Waals surface area contributed by atoms with Crippen molar-refractivity contribution >= 4 is 21.4 Å². The van der Waals surface area contributed by atoms with Crippen LogP contribution in [0.3, 0.4) is 0 Å². The van der Waals surface area contributed by atoms with Gasteiger partial charge in [0.05, 0.1) is 10.6 Å². The summed E-state index contributed by atoms with van der Waals surface area (Å²) < 4.78 is 35.9. The van der Waals surface area contributed by atoms with Crippen LogP contribution in [0.15, 0.2) is 47.4 Å². The van der Waals surface area contributed by atoms with E-state index in [4.69, 9.17) is 10.9 Å². The van der Waals surface area contributed by atoms with E-state index in [-0.39, 0.29) is 10.6 Å². The Morgan fingerprint density at radius 2 is 1.90 bits per heavy atom. The van der Waals surface area contributed by atoms with Crippen LogP contribution in [0.25, 0.3) is 0 Å². The van der Waals surface area contributed by atoms with Crippen molar-refractivity contribution in [2.24, 2.45) is 5.14 Å². The third kappa shape index (κ3) is 3.46. The molecule has 2 aromatic rings. The lowest BCUT2D eigenvalue weighted by Gasteiger charge is -2.09. The maximum absolute atomic E-state index is 13.8. The summed E-state index contributed by atoms with van der Waals surface area (Å²) >= 11 is 0. The minimum Gasteiger partial charge on any atom is -0.399 e. The van der Waals surface area contributed by atoms with Crippen LogP contribution in [-0.2, 0) is 16.6 Å². The maximum atomic E-state index is 13.8. The molecule has 106 valence electrons. The first kappa shape index (κ1) is 14.3. The van der Waals surface area contributed by atoms with E-state index < -0.39 is 15.8 Å². The van der Waals surface area contributed by atoms with E-state index in [0.717, 1.165) is 11.6 Å². The molecule has 0 radical (unpaired) electrons. The van der Waals surface area contributed by atoms with Crippen molar-refractivity contribution in [3.63, 3.8) is 0 Å². The number of hydrogen-bond acceptors (Lipinski definition) is 4. The summed E-state index contributed by atoms with van der Waals surface area (Å²) in [6, 6.07) is 10.6. The quantitative estimate of drug-likeness (QED) is 0.747. The third-order valence-corrected chi connectivity index (χ3v) is 3.61. The summed E-state index contributed by atoms with van der Waals surface area (Å²) in [5.74, 6) is -0.680. The van der Waals surface area contributed by atoms with Gasteiger partial charge in [-0.2, -0.15) is 0 Å². The summed E-state index contributed by atoms with van der Waals surface area (Å²) in [7, 11) is -3.90. The van der Waals surface area contributed by atoms with Crippen LogP contribution in [0, 0.1) is 5.82 Å². The number of rotatable bonds is 4. The van der Waals surface area contributed by atoms with Crippen molar-refractivity contribution in [1.82, 2.24) is 0 Å². The van der Waals surface area contributed by atoms with Crippen LogP contribution >= 0.6 is 0 Å². The SMILES string of the molecule is Nc1cccc(CNc2ccc(S(N)(=O)=O)cc2F)c1. The van der Waals surface area contributed by atoms with Gasteiger partial charge in [-0.15, -0.1) is 0 Å². The Kier molecular flexibility index (Phi) is 3.91. The number of primary sulfonamides is 1. The lowest BCUT2D eigenvalue weighted by atomic mass is 10.2. The first-order valence-electron chi connectivity index (χ1n) is 5.77. The second-order valence-corrected chi connectivity index (χ2v) is 5.85. The molecule has 2 aromatic carbocycles. The molecule has 0 aliphatic carbocycles. The third-order valence-electron chi connectivity index (χ3n) is 2.70. The molecule has 0 aromatic heterocycles.